The van der Waals surface area contributed by atoms with Gasteiger partial charge >= 0.3 is 11.9 Å². The highest BCUT2D eigenvalue weighted by atomic mass is 16.6. The lowest BCUT2D eigenvalue weighted by Gasteiger charge is -1.94. The van der Waals surface area contributed by atoms with E-state index in [4.69, 9.17) is 0 Å². The molecule has 0 N–H and O–H groups in total. The van der Waals surface area contributed by atoms with Crippen molar-refractivity contribution in [2.75, 3.05) is 0 Å². The SMILES string of the molecule is CC(=O)C(=O)OC(=O)CC=O. The van der Waals surface area contributed by atoms with Gasteiger partial charge in [0.2, 0.25) is 5.78 Å². The van der Waals surface area contributed by atoms with E-state index in [1.165, 1.54) is 0 Å². The van der Waals surface area contributed by atoms with Crippen LogP contribution in [-0.4, -0.2) is 24.0 Å². The molecule has 0 rings (SSSR count). The number of hydrogen-bond donors (Lipinski definition) is 0. The Kier molecular flexibility index (Phi) is 3.72. The van der Waals surface area contributed by atoms with Gasteiger partial charge in [-0.05, 0) is 0 Å². The molecule has 0 fully saturated rings. The van der Waals surface area contributed by atoms with Crippen molar-refractivity contribution < 1.29 is 23.9 Å². The number of esters is 2. The molecule has 0 bridgehead atoms. The average molecular weight is 158 g/mol. The summed E-state index contributed by atoms with van der Waals surface area (Å²) in [5, 5.41) is 0. The van der Waals surface area contributed by atoms with Crippen LogP contribution in [0.15, 0.2) is 0 Å². The van der Waals surface area contributed by atoms with Gasteiger partial charge in [0, 0.05) is 6.92 Å². The third-order valence-electron chi connectivity index (χ3n) is 0.744. The van der Waals surface area contributed by atoms with Crippen LogP contribution in [0.5, 0.6) is 0 Å². The first-order valence-corrected chi connectivity index (χ1v) is 2.77. The Bertz CT molecular complexity index is 205. The van der Waals surface area contributed by atoms with Crippen molar-refractivity contribution in [2.45, 2.75) is 13.3 Å². The van der Waals surface area contributed by atoms with Gasteiger partial charge in [-0.3, -0.25) is 9.59 Å². The fourth-order valence-electron chi connectivity index (χ4n) is 0.285. The van der Waals surface area contributed by atoms with E-state index in [9.17, 15) is 19.2 Å². The molecule has 0 heterocycles. The third-order valence-corrected chi connectivity index (χ3v) is 0.744. The van der Waals surface area contributed by atoms with E-state index in [-0.39, 0.29) is 6.29 Å². The summed E-state index contributed by atoms with van der Waals surface area (Å²) in [6, 6.07) is 0. The summed E-state index contributed by atoms with van der Waals surface area (Å²) in [5.41, 5.74) is 0. The number of carbonyl (C=O) groups excluding carboxylic acids is 4. The molecule has 0 atom stereocenters. The van der Waals surface area contributed by atoms with Crippen molar-refractivity contribution in [1.29, 1.82) is 0 Å². The van der Waals surface area contributed by atoms with Crippen molar-refractivity contribution in [3.05, 3.63) is 0 Å². The summed E-state index contributed by atoms with van der Waals surface area (Å²) in [6.07, 6.45) is -0.227. The second kappa shape index (κ2) is 4.32. The van der Waals surface area contributed by atoms with Gasteiger partial charge in [-0.2, -0.15) is 0 Å². The predicted molar refractivity (Wildman–Crippen MR) is 32.5 cm³/mol. The zero-order valence-electron chi connectivity index (χ0n) is 5.83. The summed E-state index contributed by atoms with van der Waals surface area (Å²) in [4.78, 5) is 40.5. The molecule has 0 saturated heterocycles. The molecular weight excluding hydrogens is 152 g/mol. The van der Waals surface area contributed by atoms with Gasteiger partial charge in [0.05, 0.1) is 0 Å². The summed E-state index contributed by atoms with van der Waals surface area (Å²) in [5.74, 6) is -3.12. The zero-order chi connectivity index (χ0) is 8.85. The highest BCUT2D eigenvalue weighted by Crippen LogP contribution is 1.85. The Balaban J connectivity index is 3.85. The number of carbonyl (C=O) groups is 4. The van der Waals surface area contributed by atoms with Crippen LogP contribution in [0.4, 0.5) is 0 Å². The molecule has 0 aromatic rings. The van der Waals surface area contributed by atoms with Crippen molar-refractivity contribution in [2.24, 2.45) is 0 Å². The molecule has 0 aromatic heterocycles. The van der Waals surface area contributed by atoms with Crippen molar-refractivity contribution in [3.63, 3.8) is 0 Å². The van der Waals surface area contributed by atoms with Crippen LogP contribution in [0.25, 0.3) is 0 Å². The van der Waals surface area contributed by atoms with E-state index in [1.807, 2.05) is 0 Å². The van der Waals surface area contributed by atoms with Crippen LogP contribution in [0, 0.1) is 0 Å². The van der Waals surface area contributed by atoms with E-state index in [0.717, 1.165) is 6.92 Å². The monoisotopic (exact) mass is 158 g/mol. The second-order valence-electron chi connectivity index (χ2n) is 1.69. The Hall–Kier alpha value is -1.52. The van der Waals surface area contributed by atoms with E-state index in [0.29, 0.717) is 0 Å². The van der Waals surface area contributed by atoms with Gasteiger partial charge in [0.25, 0.3) is 0 Å². The van der Waals surface area contributed by atoms with Crippen molar-refractivity contribution in [1.82, 2.24) is 0 Å². The minimum atomic E-state index is -1.24. The van der Waals surface area contributed by atoms with E-state index in [1.54, 1.807) is 0 Å². The number of Topliss-reactive ketones (excluding diaryl/α,β-unsaturated/α-hetero) is 1. The molecule has 0 saturated carbocycles. The molecular formula is C6H6O5. The molecule has 5 heteroatoms. The quantitative estimate of drug-likeness (QED) is 0.233. The molecule has 11 heavy (non-hydrogen) atoms. The molecule has 0 radical (unpaired) electrons. The number of ether oxygens (including phenoxy) is 1. The van der Waals surface area contributed by atoms with Gasteiger partial charge in [-0.1, -0.05) is 0 Å². The maximum absolute atomic E-state index is 10.3. The molecule has 0 unspecified atom stereocenters. The van der Waals surface area contributed by atoms with Crippen molar-refractivity contribution >= 4 is 24.0 Å². The highest BCUT2D eigenvalue weighted by molar-refractivity contribution is 6.34. The maximum Gasteiger partial charge on any atom is 0.381 e. The number of rotatable bonds is 3. The largest absolute Gasteiger partial charge is 0.387 e. The van der Waals surface area contributed by atoms with Crippen LogP contribution >= 0.6 is 0 Å². The zero-order valence-corrected chi connectivity index (χ0v) is 5.83. The summed E-state index contributed by atoms with van der Waals surface area (Å²) >= 11 is 0. The molecule has 0 spiro atoms. The number of hydrogen-bond acceptors (Lipinski definition) is 5. The minimum Gasteiger partial charge on any atom is -0.387 e. The normalized spacial score (nSPS) is 8.45. The summed E-state index contributed by atoms with van der Waals surface area (Å²) < 4.78 is 3.89. The minimum absolute atomic E-state index is 0.287. The lowest BCUT2D eigenvalue weighted by atomic mass is 10.4. The van der Waals surface area contributed by atoms with Gasteiger partial charge in [-0.25, -0.2) is 4.79 Å². The standard InChI is InChI=1S/C6H6O5/c1-4(8)6(10)11-5(9)2-3-7/h3H,2H2,1H3. The predicted octanol–water partition coefficient (Wildman–Crippen LogP) is -0.766. The lowest BCUT2D eigenvalue weighted by molar-refractivity contribution is -0.163. The van der Waals surface area contributed by atoms with Gasteiger partial charge in [0.15, 0.2) is 0 Å². The Morgan fingerprint density at radius 3 is 2.27 bits per heavy atom. The number of aldehydes is 1. The Morgan fingerprint density at radius 2 is 1.91 bits per heavy atom. The van der Waals surface area contributed by atoms with Gasteiger partial charge in [-0.15, -0.1) is 0 Å². The molecule has 0 aliphatic carbocycles. The molecule has 5 nitrogen and oxygen atoms in total. The summed E-state index contributed by atoms with van der Waals surface area (Å²) in [6.45, 7) is 0.969. The molecule has 0 aliphatic rings. The topological polar surface area (TPSA) is 77.5 Å². The molecule has 60 valence electrons. The molecule has 0 aliphatic heterocycles. The third kappa shape index (κ3) is 3.96. The van der Waals surface area contributed by atoms with E-state index < -0.39 is 24.1 Å². The summed E-state index contributed by atoms with van der Waals surface area (Å²) in [7, 11) is 0. The van der Waals surface area contributed by atoms with Crippen LogP contribution in [0.2, 0.25) is 0 Å². The smallest absolute Gasteiger partial charge is 0.381 e. The molecule has 0 amide bonds. The maximum atomic E-state index is 10.3. The number of ketones is 1. The lowest BCUT2D eigenvalue weighted by Crippen LogP contribution is -2.18. The van der Waals surface area contributed by atoms with Crippen LogP contribution < -0.4 is 0 Å². The van der Waals surface area contributed by atoms with Gasteiger partial charge < -0.3 is 9.53 Å². The first-order chi connectivity index (χ1) is 5.07. The highest BCUT2D eigenvalue weighted by Gasteiger charge is 2.13. The Labute approximate surface area is 62.3 Å². The fourth-order valence-corrected chi connectivity index (χ4v) is 0.285. The van der Waals surface area contributed by atoms with Crippen molar-refractivity contribution in [3.8, 4) is 0 Å². The first-order valence-electron chi connectivity index (χ1n) is 2.77. The molecule has 0 aromatic carbocycles. The van der Waals surface area contributed by atoms with E-state index in [2.05, 4.69) is 4.74 Å². The fraction of sp³-hybridized carbons (Fsp3) is 0.333. The first kappa shape index (κ1) is 9.48. The van der Waals surface area contributed by atoms with Crippen LogP contribution in [0.1, 0.15) is 13.3 Å². The average Bonchev–Trinajstić information content (AvgIpc) is 1.87. The Morgan fingerprint density at radius 1 is 1.36 bits per heavy atom. The van der Waals surface area contributed by atoms with Gasteiger partial charge in [0.1, 0.15) is 12.7 Å². The van der Waals surface area contributed by atoms with E-state index >= 15 is 0 Å². The van der Waals surface area contributed by atoms with Crippen LogP contribution in [0.3, 0.4) is 0 Å². The second-order valence-corrected chi connectivity index (χ2v) is 1.69. The van der Waals surface area contributed by atoms with Crippen LogP contribution in [-0.2, 0) is 23.9 Å².